The standard InChI is InChI=1S/C12H12BrFN4O/c1-2-8-11(18-15)16-6-17-12(8)19-10-4-3-7(14)5-9(10)13/h3-6H,2,15H2,1H3,(H,16,17,18). The zero-order chi connectivity index (χ0) is 13.8. The topological polar surface area (TPSA) is 73.1 Å². The Balaban J connectivity index is 2.37. The number of hydrogen-bond acceptors (Lipinski definition) is 5. The summed E-state index contributed by atoms with van der Waals surface area (Å²) in [6, 6.07) is 4.16. The molecule has 0 atom stereocenters. The molecule has 0 radical (unpaired) electrons. The van der Waals surface area contributed by atoms with E-state index in [1.165, 1.54) is 24.5 Å². The van der Waals surface area contributed by atoms with Gasteiger partial charge in [-0.1, -0.05) is 6.92 Å². The van der Waals surface area contributed by atoms with Crippen LogP contribution in [-0.2, 0) is 6.42 Å². The number of anilines is 1. The summed E-state index contributed by atoms with van der Waals surface area (Å²) in [6.07, 6.45) is 2.00. The van der Waals surface area contributed by atoms with E-state index in [-0.39, 0.29) is 5.82 Å². The summed E-state index contributed by atoms with van der Waals surface area (Å²) in [5.74, 6) is 6.40. The van der Waals surface area contributed by atoms with Crippen LogP contribution in [0.2, 0.25) is 0 Å². The summed E-state index contributed by atoms with van der Waals surface area (Å²) in [7, 11) is 0. The Morgan fingerprint density at radius 2 is 2.21 bits per heavy atom. The van der Waals surface area contributed by atoms with Crippen molar-refractivity contribution < 1.29 is 9.13 Å². The normalized spacial score (nSPS) is 10.3. The third-order valence-corrected chi connectivity index (χ3v) is 3.12. The van der Waals surface area contributed by atoms with E-state index in [1.807, 2.05) is 6.92 Å². The van der Waals surface area contributed by atoms with Crippen molar-refractivity contribution in [3.05, 3.63) is 40.4 Å². The summed E-state index contributed by atoms with van der Waals surface area (Å²) in [5, 5.41) is 0. The molecule has 0 aliphatic carbocycles. The second kappa shape index (κ2) is 5.94. The first-order valence-electron chi connectivity index (χ1n) is 5.59. The Kier molecular flexibility index (Phi) is 4.28. The van der Waals surface area contributed by atoms with Gasteiger partial charge in [-0.15, -0.1) is 0 Å². The molecule has 0 aliphatic heterocycles. The molecule has 0 bridgehead atoms. The van der Waals surface area contributed by atoms with Gasteiger partial charge < -0.3 is 10.2 Å². The summed E-state index contributed by atoms with van der Waals surface area (Å²) >= 11 is 3.24. The van der Waals surface area contributed by atoms with Crippen LogP contribution in [0.3, 0.4) is 0 Å². The highest BCUT2D eigenvalue weighted by Crippen LogP contribution is 2.32. The SMILES string of the molecule is CCc1c(NN)ncnc1Oc1ccc(F)cc1Br. The van der Waals surface area contributed by atoms with Gasteiger partial charge in [0, 0.05) is 0 Å². The first kappa shape index (κ1) is 13.7. The van der Waals surface area contributed by atoms with Crippen molar-refractivity contribution in [2.75, 3.05) is 5.43 Å². The molecule has 100 valence electrons. The van der Waals surface area contributed by atoms with E-state index >= 15 is 0 Å². The molecule has 7 heteroatoms. The van der Waals surface area contributed by atoms with Crippen LogP contribution in [0.25, 0.3) is 0 Å². The molecule has 0 saturated heterocycles. The van der Waals surface area contributed by atoms with Crippen LogP contribution in [0.15, 0.2) is 29.0 Å². The van der Waals surface area contributed by atoms with E-state index < -0.39 is 0 Å². The quantitative estimate of drug-likeness (QED) is 0.667. The van der Waals surface area contributed by atoms with Gasteiger partial charge in [-0.3, -0.25) is 0 Å². The Bertz CT molecular complexity index is 594. The molecule has 1 heterocycles. The fourth-order valence-electron chi connectivity index (χ4n) is 1.59. The van der Waals surface area contributed by atoms with Crippen LogP contribution in [0.1, 0.15) is 12.5 Å². The van der Waals surface area contributed by atoms with Crippen molar-refractivity contribution in [1.82, 2.24) is 9.97 Å². The van der Waals surface area contributed by atoms with Crippen molar-refractivity contribution in [3.8, 4) is 11.6 Å². The molecule has 3 N–H and O–H groups in total. The molecular weight excluding hydrogens is 315 g/mol. The van der Waals surface area contributed by atoms with Crippen molar-refractivity contribution in [2.45, 2.75) is 13.3 Å². The smallest absolute Gasteiger partial charge is 0.227 e. The van der Waals surface area contributed by atoms with Crippen molar-refractivity contribution in [1.29, 1.82) is 0 Å². The summed E-state index contributed by atoms with van der Waals surface area (Å²) in [5.41, 5.74) is 3.24. The Hall–Kier alpha value is -1.73. The lowest BCUT2D eigenvalue weighted by atomic mass is 10.2. The van der Waals surface area contributed by atoms with Crippen molar-refractivity contribution >= 4 is 21.7 Å². The summed E-state index contributed by atoms with van der Waals surface area (Å²) in [6.45, 7) is 1.94. The van der Waals surface area contributed by atoms with Crippen LogP contribution >= 0.6 is 15.9 Å². The van der Waals surface area contributed by atoms with Crippen molar-refractivity contribution in [2.24, 2.45) is 5.84 Å². The number of nitrogens with two attached hydrogens (primary N) is 1. The molecule has 0 spiro atoms. The number of rotatable bonds is 4. The van der Waals surface area contributed by atoms with Gasteiger partial charge in [-0.2, -0.15) is 0 Å². The first-order valence-corrected chi connectivity index (χ1v) is 6.38. The third-order valence-electron chi connectivity index (χ3n) is 2.50. The molecule has 0 saturated carbocycles. The number of ether oxygens (including phenoxy) is 1. The van der Waals surface area contributed by atoms with Gasteiger partial charge in [0.15, 0.2) is 0 Å². The minimum Gasteiger partial charge on any atom is -0.437 e. The second-order valence-electron chi connectivity index (χ2n) is 3.68. The van der Waals surface area contributed by atoms with E-state index in [2.05, 4.69) is 31.3 Å². The summed E-state index contributed by atoms with van der Waals surface area (Å²) in [4.78, 5) is 8.08. The highest BCUT2D eigenvalue weighted by molar-refractivity contribution is 9.10. The minimum absolute atomic E-state index is 0.345. The molecule has 2 aromatic rings. The Morgan fingerprint density at radius 3 is 2.84 bits per heavy atom. The second-order valence-corrected chi connectivity index (χ2v) is 4.54. The third kappa shape index (κ3) is 2.99. The van der Waals surface area contributed by atoms with Gasteiger partial charge in [0.05, 0.1) is 10.0 Å². The monoisotopic (exact) mass is 326 g/mol. The molecule has 0 aliphatic rings. The number of benzene rings is 1. The number of halogens is 2. The highest BCUT2D eigenvalue weighted by Gasteiger charge is 2.12. The first-order chi connectivity index (χ1) is 9.15. The zero-order valence-corrected chi connectivity index (χ0v) is 11.7. The fraction of sp³-hybridized carbons (Fsp3) is 0.167. The maximum absolute atomic E-state index is 13.0. The number of nitrogen functional groups attached to an aromatic ring is 1. The maximum Gasteiger partial charge on any atom is 0.227 e. The Labute approximate surface area is 118 Å². The van der Waals surface area contributed by atoms with E-state index in [0.29, 0.717) is 28.3 Å². The zero-order valence-electron chi connectivity index (χ0n) is 10.2. The number of nitrogens with zero attached hydrogens (tertiary/aromatic N) is 2. The molecular formula is C12H12BrFN4O. The lowest BCUT2D eigenvalue weighted by Crippen LogP contribution is -2.12. The average molecular weight is 327 g/mol. The highest BCUT2D eigenvalue weighted by atomic mass is 79.9. The Morgan fingerprint density at radius 1 is 1.42 bits per heavy atom. The number of hydrogen-bond donors (Lipinski definition) is 2. The molecule has 1 aromatic heterocycles. The van der Waals surface area contributed by atoms with Gasteiger partial charge >= 0.3 is 0 Å². The van der Waals surface area contributed by atoms with Crippen LogP contribution in [0.5, 0.6) is 11.6 Å². The molecule has 0 fully saturated rings. The fourth-order valence-corrected chi connectivity index (χ4v) is 2.02. The molecule has 0 amide bonds. The van der Waals surface area contributed by atoms with Gasteiger partial charge in [-0.25, -0.2) is 20.2 Å². The summed E-state index contributed by atoms with van der Waals surface area (Å²) < 4.78 is 19.2. The largest absolute Gasteiger partial charge is 0.437 e. The lowest BCUT2D eigenvalue weighted by molar-refractivity contribution is 0.451. The molecule has 0 unspecified atom stereocenters. The molecule has 2 rings (SSSR count). The predicted octanol–water partition coefficient (Wildman–Crippen LogP) is 3.02. The van der Waals surface area contributed by atoms with E-state index in [0.717, 1.165) is 5.56 Å². The number of hydrazine groups is 1. The van der Waals surface area contributed by atoms with E-state index in [4.69, 9.17) is 10.6 Å². The van der Waals surface area contributed by atoms with Crippen LogP contribution < -0.4 is 16.0 Å². The molecule has 5 nitrogen and oxygen atoms in total. The predicted molar refractivity (Wildman–Crippen MR) is 73.4 cm³/mol. The van der Waals surface area contributed by atoms with Crippen LogP contribution in [-0.4, -0.2) is 9.97 Å². The van der Waals surface area contributed by atoms with E-state index in [9.17, 15) is 4.39 Å². The van der Waals surface area contributed by atoms with Gasteiger partial charge in [-0.05, 0) is 40.5 Å². The van der Waals surface area contributed by atoms with Gasteiger partial charge in [0.1, 0.15) is 23.7 Å². The molecule has 1 aromatic carbocycles. The van der Waals surface area contributed by atoms with Crippen LogP contribution in [0, 0.1) is 5.82 Å². The van der Waals surface area contributed by atoms with E-state index in [1.54, 1.807) is 0 Å². The minimum atomic E-state index is -0.345. The van der Waals surface area contributed by atoms with Crippen LogP contribution in [0.4, 0.5) is 10.2 Å². The van der Waals surface area contributed by atoms with Crippen molar-refractivity contribution in [3.63, 3.8) is 0 Å². The van der Waals surface area contributed by atoms with Gasteiger partial charge in [0.25, 0.3) is 0 Å². The maximum atomic E-state index is 13.0. The number of nitrogens with one attached hydrogen (secondary N) is 1. The molecule has 19 heavy (non-hydrogen) atoms. The van der Waals surface area contributed by atoms with Gasteiger partial charge in [0.2, 0.25) is 5.88 Å². The lowest BCUT2D eigenvalue weighted by Gasteiger charge is -2.12. The average Bonchev–Trinajstić information content (AvgIpc) is 2.41. The number of aromatic nitrogens is 2.